The summed E-state index contributed by atoms with van der Waals surface area (Å²) in [5, 5.41) is 13.5. The van der Waals surface area contributed by atoms with E-state index in [4.69, 9.17) is 0 Å². The minimum atomic E-state index is -0.438. The minimum Gasteiger partial charge on any atom is -0.325 e. The van der Waals surface area contributed by atoms with Crippen LogP contribution in [0.15, 0.2) is 48.5 Å². The summed E-state index contributed by atoms with van der Waals surface area (Å²) in [6.07, 6.45) is 0. The van der Waals surface area contributed by atoms with E-state index in [1.165, 1.54) is 30.8 Å². The molecule has 0 radical (unpaired) electrons. The highest BCUT2D eigenvalue weighted by Crippen LogP contribution is 2.30. The normalized spacial score (nSPS) is 11.6. The number of nitro benzene ring substituents is 1. The Bertz CT molecular complexity index is 807. The number of nitro groups is 1. The van der Waals surface area contributed by atoms with E-state index in [0.717, 1.165) is 5.56 Å². The van der Waals surface area contributed by atoms with Gasteiger partial charge in [0.05, 0.1) is 16.4 Å². The first-order valence-electron chi connectivity index (χ1n) is 7.64. The van der Waals surface area contributed by atoms with Gasteiger partial charge < -0.3 is 5.32 Å². The van der Waals surface area contributed by atoms with Gasteiger partial charge in [0.2, 0.25) is 5.91 Å². The molecular weight excluding hydrogens is 340 g/mol. The van der Waals surface area contributed by atoms with Crippen LogP contribution in [0.4, 0.5) is 11.4 Å². The van der Waals surface area contributed by atoms with Crippen molar-refractivity contribution in [2.75, 3.05) is 11.1 Å². The maximum absolute atomic E-state index is 12.1. The molecular formula is C18H18N2O4S. The summed E-state index contributed by atoms with van der Waals surface area (Å²) in [4.78, 5) is 34.1. The second-order valence-electron chi connectivity index (χ2n) is 5.46. The van der Waals surface area contributed by atoms with Crippen LogP contribution in [0.5, 0.6) is 0 Å². The molecule has 0 unspecified atom stereocenters. The predicted octanol–water partition coefficient (Wildman–Crippen LogP) is 4.23. The maximum Gasteiger partial charge on any atom is 0.269 e. The number of carbonyl (C=O) groups excluding carboxylic acids is 2. The predicted molar refractivity (Wildman–Crippen MR) is 99.0 cm³/mol. The Hall–Kier alpha value is -2.67. The fraction of sp³-hybridized carbons (Fsp3) is 0.222. The molecule has 0 saturated heterocycles. The zero-order valence-corrected chi connectivity index (χ0v) is 14.7. The van der Waals surface area contributed by atoms with Crippen LogP contribution in [0.3, 0.4) is 0 Å². The molecule has 2 aromatic rings. The van der Waals surface area contributed by atoms with Crippen LogP contribution in [-0.4, -0.2) is 22.4 Å². The summed E-state index contributed by atoms with van der Waals surface area (Å²) >= 11 is 1.37. The molecule has 25 heavy (non-hydrogen) atoms. The number of hydrogen-bond donors (Lipinski definition) is 1. The van der Waals surface area contributed by atoms with Crippen molar-refractivity contribution in [3.05, 3.63) is 69.8 Å². The number of amides is 1. The van der Waals surface area contributed by atoms with Gasteiger partial charge in [-0.05, 0) is 31.5 Å². The summed E-state index contributed by atoms with van der Waals surface area (Å²) in [6.45, 7) is 3.34. The lowest BCUT2D eigenvalue weighted by atomic mass is 10.1. The van der Waals surface area contributed by atoms with E-state index < -0.39 is 4.92 Å². The highest BCUT2D eigenvalue weighted by atomic mass is 32.2. The topological polar surface area (TPSA) is 89.3 Å². The average molecular weight is 358 g/mol. The van der Waals surface area contributed by atoms with E-state index in [9.17, 15) is 19.7 Å². The highest BCUT2D eigenvalue weighted by Gasteiger charge is 2.14. The Morgan fingerprint density at radius 2 is 1.92 bits per heavy atom. The molecule has 1 amide bonds. The quantitative estimate of drug-likeness (QED) is 0.454. The van der Waals surface area contributed by atoms with Crippen molar-refractivity contribution in [3.8, 4) is 0 Å². The number of carbonyl (C=O) groups is 2. The zero-order chi connectivity index (χ0) is 18.4. The molecule has 0 aliphatic carbocycles. The molecule has 1 N–H and O–H groups in total. The van der Waals surface area contributed by atoms with Crippen molar-refractivity contribution in [1.82, 2.24) is 0 Å². The van der Waals surface area contributed by atoms with Gasteiger partial charge in [-0.1, -0.05) is 24.3 Å². The van der Waals surface area contributed by atoms with Gasteiger partial charge in [0.1, 0.15) is 0 Å². The smallest absolute Gasteiger partial charge is 0.269 e. The zero-order valence-electron chi connectivity index (χ0n) is 13.9. The van der Waals surface area contributed by atoms with Crippen molar-refractivity contribution < 1.29 is 14.5 Å². The van der Waals surface area contributed by atoms with Crippen LogP contribution in [0.1, 0.15) is 35.0 Å². The third kappa shape index (κ3) is 5.15. The Morgan fingerprint density at radius 1 is 1.20 bits per heavy atom. The summed E-state index contributed by atoms with van der Waals surface area (Å²) in [5.74, 6) is -0.166. The van der Waals surface area contributed by atoms with Gasteiger partial charge in [0, 0.05) is 22.9 Å². The van der Waals surface area contributed by atoms with E-state index in [0.29, 0.717) is 11.3 Å². The fourth-order valence-electron chi connectivity index (χ4n) is 2.27. The first kappa shape index (κ1) is 18.7. The number of Topliss-reactive ketones (excluding diaryl/α,β-unsaturated/α-hetero) is 1. The van der Waals surface area contributed by atoms with Crippen LogP contribution < -0.4 is 5.32 Å². The molecule has 2 aromatic carbocycles. The van der Waals surface area contributed by atoms with Crippen LogP contribution in [0.25, 0.3) is 0 Å². The molecule has 2 rings (SSSR count). The number of nitrogens with one attached hydrogen (secondary N) is 1. The third-order valence-electron chi connectivity index (χ3n) is 3.60. The third-order valence-corrected chi connectivity index (χ3v) is 4.80. The SMILES string of the molecule is CC(=O)c1ccccc1NC(=O)CS[C@H](C)c1cccc([N+](=O)[O-])c1. The second-order valence-corrected chi connectivity index (χ2v) is 6.78. The Kier molecular flexibility index (Phi) is 6.30. The monoisotopic (exact) mass is 358 g/mol. The molecule has 0 saturated carbocycles. The lowest BCUT2D eigenvalue weighted by Crippen LogP contribution is -2.16. The average Bonchev–Trinajstić information content (AvgIpc) is 2.60. The molecule has 7 heteroatoms. The summed E-state index contributed by atoms with van der Waals surface area (Å²) < 4.78 is 0. The van der Waals surface area contributed by atoms with Crippen molar-refractivity contribution in [3.63, 3.8) is 0 Å². The number of benzene rings is 2. The summed E-state index contributed by atoms with van der Waals surface area (Å²) in [7, 11) is 0. The molecule has 0 fully saturated rings. The maximum atomic E-state index is 12.1. The number of rotatable bonds is 7. The largest absolute Gasteiger partial charge is 0.325 e. The fourth-order valence-corrected chi connectivity index (χ4v) is 3.09. The highest BCUT2D eigenvalue weighted by molar-refractivity contribution is 8.00. The van der Waals surface area contributed by atoms with E-state index in [1.54, 1.807) is 36.4 Å². The minimum absolute atomic E-state index is 0.0322. The Morgan fingerprint density at radius 3 is 2.60 bits per heavy atom. The molecule has 6 nitrogen and oxygen atoms in total. The van der Waals surface area contributed by atoms with Gasteiger partial charge in [0.15, 0.2) is 5.78 Å². The number of nitrogens with zero attached hydrogens (tertiary/aromatic N) is 1. The number of hydrogen-bond acceptors (Lipinski definition) is 5. The molecule has 0 spiro atoms. The van der Waals surface area contributed by atoms with Crippen molar-refractivity contribution in [2.24, 2.45) is 0 Å². The molecule has 0 bridgehead atoms. The summed E-state index contributed by atoms with van der Waals surface area (Å²) in [5.41, 5.74) is 1.78. The van der Waals surface area contributed by atoms with Gasteiger partial charge in [0.25, 0.3) is 5.69 Å². The molecule has 1 atom stereocenters. The van der Waals surface area contributed by atoms with Crippen molar-refractivity contribution in [2.45, 2.75) is 19.1 Å². The van der Waals surface area contributed by atoms with Crippen LogP contribution in [0, 0.1) is 10.1 Å². The van der Waals surface area contributed by atoms with Crippen molar-refractivity contribution >= 4 is 34.8 Å². The number of ketones is 1. The van der Waals surface area contributed by atoms with Crippen molar-refractivity contribution in [1.29, 1.82) is 0 Å². The molecule has 0 aromatic heterocycles. The van der Waals surface area contributed by atoms with E-state index in [1.807, 2.05) is 6.92 Å². The van der Waals surface area contributed by atoms with Crippen LogP contribution in [-0.2, 0) is 4.79 Å². The molecule has 0 aliphatic heterocycles. The number of non-ortho nitro benzene ring substituents is 1. The van der Waals surface area contributed by atoms with Gasteiger partial charge in [-0.25, -0.2) is 0 Å². The van der Waals surface area contributed by atoms with E-state index in [2.05, 4.69) is 5.32 Å². The van der Waals surface area contributed by atoms with Crippen LogP contribution >= 0.6 is 11.8 Å². The Balaban J connectivity index is 1.97. The number of thioether (sulfide) groups is 1. The van der Waals surface area contributed by atoms with Crippen LogP contribution in [0.2, 0.25) is 0 Å². The summed E-state index contributed by atoms with van der Waals surface area (Å²) in [6, 6.07) is 13.2. The van der Waals surface area contributed by atoms with Gasteiger partial charge in [-0.3, -0.25) is 19.7 Å². The molecule has 0 aliphatic rings. The number of anilines is 1. The lowest BCUT2D eigenvalue weighted by molar-refractivity contribution is -0.384. The first-order valence-corrected chi connectivity index (χ1v) is 8.69. The van der Waals surface area contributed by atoms with Gasteiger partial charge >= 0.3 is 0 Å². The first-order chi connectivity index (χ1) is 11.9. The number of para-hydroxylation sites is 1. The van der Waals surface area contributed by atoms with E-state index >= 15 is 0 Å². The van der Waals surface area contributed by atoms with Gasteiger partial charge in [-0.2, -0.15) is 0 Å². The Labute approximate surface area is 149 Å². The second kappa shape index (κ2) is 8.43. The van der Waals surface area contributed by atoms with E-state index in [-0.39, 0.29) is 28.4 Å². The molecule has 130 valence electrons. The molecule has 0 heterocycles. The van der Waals surface area contributed by atoms with Gasteiger partial charge in [-0.15, -0.1) is 11.8 Å². The standard InChI is InChI=1S/C18H18N2O4S/c1-12(21)16-8-3-4-9-17(16)19-18(22)11-25-13(2)14-6-5-7-15(10-14)20(23)24/h3-10,13H,11H2,1-2H3,(H,19,22)/t13-/m1/s1. The lowest BCUT2D eigenvalue weighted by Gasteiger charge is -2.12.